The van der Waals surface area contributed by atoms with Crippen LogP contribution in [-0.2, 0) is 4.79 Å². The SMILES string of the molecule is Cc1cccc(NCCC(C)(C)C(=O)O)c1C. The van der Waals surface area contributed by atoms with Crippen molar-refractivity contribution in [3.05, 3.63) is 29.3 Å². The van der Waals surface area contributed by atoms with E-state index in [1.165, 1.54) is 11.1 Å². The van der Waals surface area contributed by atoms with Crippen LogP contribution in [0, 0.1) is 19.3 Å². The molecule has 0 aliphatic rings. The molecule has 0 fully saturated rings. The molecule has 0 heterocycles. The van der Waals surface area contributed by atoms with Crippen LogP contribution in [0.25, 0.3) is 0 Å². The van der Waals surface area contributed by atoms with Gasteiger partial charge in [-0.2, -0.15) is 0 Å². The Kier molecular flexibility index (Phi) is 4.16. The minimum atomic E-state index is -0.750. The van der Waals surface area contributed by atoms with Crippen LogP contribution in [0.1, 0.15) is 31.4 Å². The summed E-state index contributed by atoms with van der Waals surface area (Å²) in [7, 11) is 0. The Morgan fingerprint density at radius 3 is 2.59 bits per heavy atom. The molecule has 0 saturated carbocycles. The molecule has 0 bridgehead atoms. The number of benzene rings is 1. The maximum Gasteiger partial charge on any atom is 0.309 e. The number of rotatable bonds is 5. The molecular weight excluding hydrogens is 214 g/mol. The summed E-state index contributed by atoms with van der Waals surface area (Å²) in [5.41, 5.74) is 2.88. The second-order valence-electron chi connectivity index (χ2n) is 5.11. The molecule has 3 nitrogen and oxygen atoms in total. The first-order chi connectivity index (χ1) is 7.84. The Morgan fingerprint density at radius 1 is 1.35 bits per heavy atom. The van der Waals surface area contributed by atoms with Crippen molar-refractivity contribution in [2.75, 3.05) is 11.9 Å². The Bertz CT molecular complexity index is 411. The highest BCUT2D eigenvalue weighted by Crippen LogP contribution is 2.22. The van der Waals surface area contributed by atoms with Gasteiger partial charge < -0.3 is 10.4 Å². The van der Waals surface area contributed by atoms with Crippen molar-refractivity contribution in [3.63, 3.8) is 0 Å². The molecule has 0 aromatic heterocycles. The summed E-state index contributed by atoms with van der Waals surface area (Å²) >= 11 is 0. The Labute approximate surface area is 103 Å². The molecule has 94 valence electrons. The van der Waals surface area contributed by atoms with E-state index in [1.807, 2.05) is 12.1 Å². The summed E-state index contributed by atoms with van der Waals surface area (Å²) in [6, 6.07) is 6.10. The highest BCUT2D eigenvalue weighted by Gasteiger charge is 2.26. The summed E-state index contributed by atoms with van der Waals surface area (Å²) in [5.74, 6) is -0.750. The van der Waals surface area contributed by atoms with E-state index in [0.717, 1.165) is 5.69 Å². The first kappa shape index (κ1) is 13.6. The molecule has 0 radical (unpaired) electrons. The summed E-state index contributed by atoms with van der Waals surface area (Å²) in [6.45, 7) is 8.31. The lowest BCUT2D eigenvalue weighted by molar-refractivity contribution is -0.147. The average Bonchev–Trinajstić information content (AvgIpc) is 2.24. The van der Waals surface area contributed by atoms with Crippen LogP contribution in [0.4, 0.5) is 5.69 Å². The average molecular weight is 235 g/mol. The van der Waals surface area contributed by atoms with E-state index in [4.69, 9.17) is 5.11 Å². The fraction of sp³-hybridized carbons (Fsp3) is 0.500. The Hall–Kier alpha value is -1.51. The molecule has 2 N–H and O–H groups in total. The number of carboxylic acids is 1. The molecule has 0 unspecified atom stereocenters. The standard InChI is InChI=1S/C14H21NO2/c1-10-6-5-7-12(11(10)2)15-9-8-14(3,4)13(16)17/h5-7,15H,8-9H2,1-4H3,(H,16,17). The number of nitrogens with one attached hydrogen (secondary N) is 1. The molecular formula is C14H21NO2. The summed E-state index contributed by atoms with van der Waals surface area (Å²) < 4.78 is 0. The zero-order chi connectivity index (χ0) is 13.1. The molecule has 0 atom stereocenters. The van der Waals surface area contributed by atoms with E-state index < -0.39 is 11.4 Å². The van der Waals surface area contributed by atoms with Gasteiger partial charge in [-0.25, -0.2) is 0 Å². The van der Waals surface area contributed by atoms with Crippen molar-refractivity contribution >= 4 is 11.7 Å². The maximum absolute atomic E-state index is 11.0. The predicted octanol–water partition coefficient (Wildman–Crippen LogP) is 3.22. The van der Waals surface area contributed by atoms with Crippen molar-refractivity contribution < 1.29 is 9.90 Å². The molecule has 3 heteroatoms. The number of aliphatic carboxylic acids is 1. The van der Waals surface area contributed by atoms with Gasteiger partial charge in [-0.1, -0.05) is 12.1 Å². The van der Waals surface area contributed by atoms with Crippen LogP contribution in [0.15, 0.2) is 18.2 Å². The van der Waals surface area contributed by atoms with Crippen LogP contribution in [0.3, 0.4) is 0 Å². The van der Waals surface area contributed by atoms with E-state index in [0.29, 0.717) is 13.0 Å². The van der Waals surface area contributed by atoms with Gasteiger partial charge in [-0.3, -0.25) is 4.79 Å². The molecule has 1 aromatic rings. The molecule has 0 aliphatic heterocycles. The monoisotopic (exact) mass is 235 g/mol. The third-order valence-corrected chi connectivity index (χ3v) is 3.25. The number of hydrogen-bond acceptors (Lipinski definition) is 2. The van der Waals surface area contributed by atoms with E-state index in [-0.39, 0.29) is 0 Å². The van der Waals surface area contributed by atoms with Crippen molar-refractivity contribution in [3.8, 4) is 0 Å². The maximum atomic E-state index is 11.0. The van der Waals surface area contributed by atoms with Gasteiger partial charge in [0.15, 0.2) is 0 Å². The molecule has 0 spiro atoms. The fourth-order valence-electron chi connectivity index (χ4n) is 1.56. The van der Waals surface area contributed by atoms with Crippen molar-refractivity contribution in [2.45, 2.75) is 34.1 Å². The van der Waals surface area contributed by atoms with Crippen LogP contribution >= 0.6 is 0 Å². The second-order valence-corrected chi connectivity index (χ2v) is 5.11. The topological polar surface area (TPSA) is 49.3 Å². The number of carbonyl (C=O) groups is 1. The molecule has 0 aliphatic carbocycles. The highest BCUT2D eigenvalue weighted by atomic mass is 16.4. The number of anilines is 1. The molecule has 1 aromatic carbocycles. The molecule has 0 amide bonds. The van der Waals surface area contributed by atoms with Gasteiger partial charge >= 0.3 is 5.97 Å². The van der Waals surface area contributed by atoms with Crippen LogP contribution in [-0.4, -0.2) is 17.6 Å². The normalized spacial score (nSPS) is 11.3. The van der Waals surface area contributed by atoms with Gasteiger partial charge in [0, 0.05) is 12.2 Å². The fourth-order valence-corrected chi connectivity index (χ4v) is 1.56. The molecule has 17 heavy (non-hydrogen) atoms. The van der Waals surface area contributed by atoms with Crippen molar-refractivity contribution in [2.24, 2.45) is 5.41 Å². The van der Waals surface area contributed by atoms with Crippen LogP contribution in [0.2, 0.25) is 0 Å². The first-order valence-electron chi connectivity index (χ1n) is 5.88. The summed E-state index contributed by atoms with van der Waals surface area (Å²) in [6.07, 6.45) is 0.607. The van der Waals surface area contributed by atoms with Gasteiger partial charge in [0.25, 0.3) is 0 Å². The number of aryl methyl sites for hydroxylation is 1. The predicted molar refractivity (Wildman–Crippen MR) is 70.4 cm³/mol. The minimum absolute atomic E-state index is 0.607. The minimum Gasteiger partial charge on any atom is -0.481 e. The van der Waals surface area contributed by atoms with Crippen LogP contribution in [0.5, 0.6) is 0 Å². The quantitative estimate of drug-likeness (QED) is 0.823. The summed E-state index contributed by atoms with van der Waals surface area (Å²) in [5, 5.41) is 12.3. The lowest BCUT2D eigenvalue weighted by Crippen LogP contribution is -2.26. The Balaban J connectivity index is 2.58. The third kappa shape index (κ3) is 3.48. The largest absolute Gasteiger partial charge is 0.481 e. The third-order valence-electron chi connectivity index (χ3n) is 3.25. The van der Waals surface area contributed by atoms with Gasteiger partial charge in [0.2, 0.25) is 0 Å². The Morgan fingerprint density at radius 2 is 2.00 bits per heavy atom. The van der Waals surface area contributed by atoms with Gasteiger partial charge in [0.05, 0.1) is 5.41 Å². The number of hydrogen-bond donors (Lipinski definition) is 2. The van der Waals surface area contributed by atoms with Gasteiger partial charge in [-0.15, -0.1) is 0 Å². The zero-order valence-electron chi connectivity index (χ0n) is 11.0. The van der Waals surface area contributed by atoms with E-state index in [9.17, 15) is 4.79 Å². The second kappa shape index (κ2) is 5.21. The smallest absolute Gasteiger partial charge is 0.309 e. The van der Waals surface area contributed by atoms with Gasteiger partial charge in [-0.05, 0) is 51.3 Å². The lowest BCUT2D eigenvalue weighted by atomic mass is 9.89. The lowest BCUT2D eigenvalue weighted by Gasteiger charge is -2.20. The van der Waals surface area contributed by atoms with Crippen molar-refractivity contribution in [1.29, 1.82) is 0 Å². The van der Waals surface area contributed by atoms with Crippen LogP contribution < -0.4 is 5.32 Å². The summed E-state index contributed by atoms with van der Waals surface area (Å²) in [4.78, 5) is 11.0. The molecule has 1 rings (SSSR count). The van der Waals surface area contributed by atoms with Crippen molar-refractivity contribution in [1.82, 2.24) is 0 Å². The zero-order valence-corrected chi connectivity index (χ0v) is 11.0. The number of carboxylic acid groups (broad SMARTS) is 1. The van der Waals surface area contributed by atoms with E-state index in [1.54, 1.807) is 13.8 Å². The van der Waals surface area contributed by atoms with Gasteiger partial charge in [0.1, 0.15) is 0 Å². The molecule has 0 saturated heterocycles. The first-order valence-corrected chi connectivity index (χ1v) is 5.88. The van der Waals surface area contributed by atoms with E-state index >= 15 is 0 Å². The highest BCUT2D eigenvalue weighted by molar-refractivity contribution is 5.73. The van der Waals surface area contributed by atoms with E-state index in [2.05, 4.69) is 25.2 Å².